The third-order valence-electron chi connectivity index (χ3n) is 2.26. The minimum atomic E-state index is -0.0320. The smallest absolute Gasteiger partial charge is 0.225 e. The summed E-state index contributed by atoms with van der Waals surface area (Å²) in [6.45, 7) is 1.48. The van der Waals surface area contributed by atoms with E-state index in [1.807, 2.05) is 38.4 Å². The van der Waals surface area contributed by atoms with Crippen LogP contribution in [0.5, 0.6) is 5.75 Å². The molecule has 0 aliphatic heterocycles. The zero-order valence-corrected chi connectivity index (χ0v) is 11.7. The quantitative estimate of drug-likeness (QED) is 0.742. The number of nitrogens with zero attached hydrogens (tertiary/aromatic N) is 1. The highest BCUT2D eigenvalue weighted by atomic mass is 32.1. The molecule has 4 nitrogen and oxygen atoms in total. The Morgan fingerprint density at radius 2 is 2.22 bits per heavy atom. The molecule has 1 amide bonds. The molecule has 1 rings (SSSR count). The van der Waals surface area contributed by atoms with Gasteiger partial charge in [0.25, 0.3) is 0 Å². The molecule has 0 aliphatic carbocycles. The summed E-state index contributed by atoms with van der Waals surface area (Å²) >= 11 is 4.02. The summed E-state index contributed by atoms with van der Waals surface area (Å²) in [4.78, 5) is 13.5. The van der Waals surface area contributed by atoms with Crippen molar-refractivity contribution in [3.05, 3.63) is 24.3 Å². The monoisotopic (exact) mass is 268 g/mol. The van der Waals surface area contributed by atoms with Crippen molar-refractivity contribution in [2.24, 2.45) is 0 Å². The first-order valence-electron chi connectivity index (χ1n) is 5.90. The summed E-state index contributed by atoms with van der Waals surface area (Å²) in [5, 5.41) is 2.80. The lowest BCUT2D eigenvalue weighted by Gasteiger charge is -2.12. The van der Waals surface area contributed by atoms with E-state index in [0.717, 1.165) is 18.0 Å². The summed E-state index contributed by atoms with van der Waals surface area (Å²) in [6, 6.07) is 7.41. The van der Waals surface area contributed by atoms with Crippen LogP contribution in [0.1, 0.15) is 6.42 Å². The van der Waals surface area contributed by atoms with Crippen LogP contribution in [-0.2, 0) is 4.79 Å². The van der Waals surface area contributed by atoms with E-state index in [9.17, 15) is 4.79 Å². The fourth-order valence-corrected chi connectivity index (χ4v) is 1.54. The minimum absolute atomic E-state index is 0.0320. The molecule has 5 heteroatoms. The van der Waals surface area contributed by atoms with Gasteiger partial charge < -0.3 is 15.0 Å². The molecule has 0 unspecified atom stereocenters. The maximum Gasteiger partial charge on any atom is 0.225 e. The van der Waals surface area contributed by atoms with E-state index >= 15 is 0 Å². The third kappa shape index (κ3) is 5.93. The van der Waals surface area contributed by atoms with E-state index in [4.69, 9.17) is 4.74 Å². The van der Waals surface area contributed by atoms with Gasteiger partial charge in [0, 0.05) is 24.7 Å². The van der Waals surface area contributed by atoms with Crippen molar-refractivity contribution in [3.63, 3.8) is 0 Å². The first-order chi connectivity index (χ1) is 8.61. The Balaban J connectivity index is 2.48. The Morgan fingerprint density at radius 1 is 1.44 bits per heavy atom. The number of hydrogen-bond donors (Lipinski definition) is 2. The molecule has 18 heavy (non-hydrogen) atoms. The van der Waals surface area contributed by atoms with Crippen molar-refractivity contribution in [1.29, 1.82) is 0 Å². The fraction of sp³-hybridized carbons (Fsp3) is 0.462. The fourth-order valence-electron chi connectivity index (χ4n) is 1.33. The highest BCUT2D eigenvalue weighted by molar-refractivity contribution is 7.80. The first-order valence-corrected chi connectivity index (χ1v) is 6.53. The molecular formula is C13H20N2O2S. The Hall–Kier alpha value is -1.20. The molecule has 0 heterocycles. The number of hydrogen-bond acceptors (Lipinski definition) is 4. The summed E-state index contributed by atoms with van der Waals surface area (Å²) in [6.07, 6.45) is 0.412. The van der Waals surface area contributed by atoms with Crippen LogP contribution in [0, 0.1) is 0 Å². The van der Waals surface area contributed by atoms with Gasteiger partial charge >= 0.3 is 0 Å². The Kier molecular flexibility index (Phi) is 6.60. The van der Waals surface area contributed by atoms with Crippen LogP contribution in [0.2, 0.25) is 0 Å². The Bertz CT molecular complexity index is 383. The van der Waals surface area contributed by atoms with E-state index in [-0.39, 0.29) is 5.91 Å². The molecule has 100 valence electrons. The number of carbonyl (C=O) groups excluding carboxylic acids is 1. The van der Waals surface area contributed by atoms with Gasteiger partial charge in [-0.2, -0.15) is 12.6 Å². The summed E-state index contributed by atoms with van der Waals surface area (Å²) in [5.74, 6) is 1.28. The van der Waals surface area contributed by atoms with Crippen LogP contribution in [0.4, 0.5) is 5.69 Å². The number of ether oxygens (including phenoxy) is 1. The molecule has 0 aromatic heterocycles. The van der Waals surface area contributed by atoms with Crippen LogP contribution in [0.3, 0.4) is 0 Å². The van der Waals surface area contributed by atoms with Gasteiger partial charge in [-0.05, 0) is 32.0 Å². The van der Waals surface area contributed by atoms with Crippen LogP contribution in [-0.4, -0.2) is 43.8 Å². The Morgan fingerprint density at radius 3 is 2.89 bits per heavy atom. The second-order valence-corrected chi connectivity index (χ2v) is 4.65. The molecule has 0 aliphatic rings. The standard InChI is InChI=1S/C13H20N2O2S/c1-15(2)7-8-17-12-5-3-4-11(10-12)14-13(16)6-9-18/h3-5,10,18H,6-9H2,1-2H3,(H,14,16). The normalized spacial score (nSPS) is 10.4. The highest BCUT2D eigenvalue weighted by Gasteiger charge is 2.02. The zero-order valence-electron chi connectivity index (χ0n) is 10.8. The van der Waals surface area contributed by atoms with Crippen molar-refractivity contribution < 1.29 is 9.53 Å². The third-order valence-corrected chi connectivity index (χ3v) is 2.49. The lowest BCUT2D eigenvalue weighted by Crippen LogP contribution is -2.19. The molecular weight excluding hydrogens is 248 g/mol. The van der Waals surface area contributed by atoms with Gasteiger partial charge in [-0.25, -0.2) is 0 Å². The number of thiol groups is 1. The second-order valence-electron chi connectivity index (χ2n) is 4.20. The molecule has 0 saturated heterocycles. The van der Waals surface area contributed by atoms with Crippen molar-refractivity contribution in [2.45, 2.75) is 6.42 Å². The molecule has 0 spiro atoms. The van der Waals surface area contributed by atoms with Gasteiger partial charge in [-0.3, -0.25) is 4.79 Å². The van der Waals surface area contributed by atoms with Crippen molar-refractivity contribution in [2.75, 3.05) is 38.3 Å². The lowest BCUT2D eigenvalue weighted by molar-refractivity contribution is -0.115. The van der Waals surface area contributed by atoms with Gasteiger partial charge in [-0.15, -0.1) is 0 Å². The first kappa shape index (κ1) is 14.9. The summed E-state index contributed by atoms with van der Waals surface area (Å²) < 4.78 is 5.59. The lowest BCUT2D eigenvalue weighted by atomic mass is 10.3. The predicted molar refractivity (Wildman–Crippen MR) is 77.6 cm³/mol. The van der Waals surface area contributed by atoms with Crippen LogP contribution in [0.15, 0.2) is 24.3 Å². The summed E-state index contributed by atoms with van der Waals surface area (Å²) in [7, 11) is 3.99. The number of rotatable bonds is 7. The minimum Gasteiger partial charge on any atom is -0.492 e. The van der Waals surface area contributed by atoms with E-state index in [0.29, 0.717) is 18.8 Å². The molecule has 1 N–H and O–H groups in total. The van der Waals surface area contributed by atoms with Gasteiger partial charge in [-0.1, -0.05) is 6.07 Å². The molecule has 1 aromatic carbocycles. The largest absolute Gasteiger partial charge is 0.492 e. The number of amides is 1. The van der Waals surface area contributed by atoms with Gasteiger partial charge in [0.05, 0.1) is 0 Å². The average molecular weight is 268 g/mol. The van der Waals surface area contributed by atoms with E-state index in [1.165, 1.54) is 0 Å². The van der Waals surface area contributed by atoms with Crippen molar-refractivity contribution >= 4 is 24.2 Å². The molecule has 0 saturated carbocycles. The van der Waals surface area contributed by atoms with Gasteiger partial charge in [0.1, 0.15) is 12.4 Å². The van der Waals surface area contributed by atoms with Crippen molar-refractivity contribution in [1.82, 2.24) is 4.90 Å². The molecule has 0 bridgehead atoms. The topological polar surface area (TPSA) is 41.6 Å². The SMILES string of the molecule is CN(C)CCOc1cccc(NC(=O)CCS)c1. The van der Waals surface area contributed by atoms with Gasteiger partial charge in [0.2, 0.25) is 5.91 Å². The van der Waals surface area contributed by atoms with Crippen LogP contribution < -0.4 is 10.1 Å². The number of benzene rings is 1. The number of likely N-dealkylation sites (N-methyl/N-ethyl adjacent to an activating group) is 1. The maximum absolute atomic E-state index is 11.4. The molecule has 0 radical (unpaired) electrons. The van der Waals surface area contributed by atoms with Crippen molar-refractivity contribution in [3.8, 4) is 5.75 Å². The maximum atomic E-state index is 11.4. The average Bonchev–Trinajstić information content (AvgIpc) is 2.29. The zero-order chi connectivity index (χ0) is 13.4. The molecule has 1 aromatic rings. The summed E-state index contributed by atoms with van der Waals surface area (Å²) in [5.41, 5.74) is 0.754. The predicted octanol–water partition coefficient (Wildman–Crippen LogP) is 1.89. The van der Waals surface area contributed by atoms with Crippen LogP contribution >= 0.6 is 12.6 Å². The Labute approximate surface area is 114 Å². The highest BCUT2D eigenvalue weighted by Crippen LogP contribution is 2.17. The molecule has 0 atom stereocenters. The second kappa shape index (κ2) is 8.00. The van der Waals surface area contributed by atoms with Crippen LogP contribution in [0.25, 0.3) is 0 Å². The molecule has 0 fully saturated rings. The van der Waals surface area contributed by atoms with E-state index in [2.05, 4.69) is 22.8 Å². The van der Waals surface area contributed by atoms with Gasteiger partial charge in [0.15, 0.2) is 0 Å². The van der Waals surface area contributed by atoms with E-state index < -0.39 is 0 Å². The number of nitrogens with one attached hydrogen (secondary N) is 1. The number of carbonyl (C=O) groups is 1. The van der Waals surface area contributed by atoms with E-state index in [1.54, 1.807) is 0 Å². The number of anilines is 1.